The van der Waals surface area contributed by atoms with E-state index in [1.807, 2.05) is 0 Å². The van der Waals surface area contributed by atoms with Gasteiger partial charge < -0.3 is 10.6 Å². The number of rotatable bonds is 4. The monoisotopic (exact) mass is 346 g/mol. The Balaban J connectivity index is 1.75. The van der Waals surface area contributed by atoms with E-state index in [0.29, 0.717) is 17.3 Å². The van der Waals surface area contributed by atoms with Crippen LogP contribution in [0.15, 0.2) is 24.3 Å². The molecule has 0 unspecified atom stereocenters. The highest BCUT2D eigenvalue weighted by Crippen LogP contribution is 2.20. The smallest absolute Gasteiger partial charge is 0.270 e. The Hall–Kier alpha value is -2.57. The third-order valence-corrected chi connectivity index (χ3v) is 4.20. The summed E-state index contributed by atoms with van der Waals surface area (Å²) in [5.41, 5.74) is 0.596. The Bertz CT molecular complexity index is 776. The molecule has 1 aromatic carbocycles. The number of carbonyl (C=O) groups excluding carboxylic acids is 1. The number of hydrogen-bond donors (Lipinski definition) is 2. The van der Waals surface area contributed by atoms with Crippen LogP contribution in [0, 0.1) is 18.6 Å². The van der Waals surface area contributed by atoms with Crippen molar-refractivity contribution in [3.8, 4) is 0 Å². The maximum absolute atomic E-state index is 13.3. The number of carbonyl (C=O) groups is 1. The number of nitrogens with one attached hydrogen (secondary N) is 2. The fourth-order valence-electron chi connectivity index (χ4n) is 2.98. The zero-order valence-corrected chi connectivity index (χ0v) is 14.0. The van der Waals surface area contributed by atoms with Crippen LogP contribution in [0.2, 0.25) is 0 Å². The summed E-state index contributed by atoms with van der Waals surface area (Å²) in [4.78, 5) is 20.8. The molecule has 5 nitrogen and oxygen atoms in total. The summed E-state index contributed by atoms with van der Waals surface area (Å²) >= 11 is 0. The summed E-state index contributed by atoms with van der Waals surface area (Å²) in [6, 6.07) is 5.15. The SMILES string of the molecule is Cc1nc(Nc2ccc(F)c(F)c2)cc(C(=O)NC2CCCCC2)n1. The van der Waals surface area contributed by atoms with E-state index in [1.165, 1.54) is 18.6 Å². The number of aryl methyl sites for hydroxylation is 1. The Kier molecular flexibility index (Phi) is 5.21. The predicted octanol–water partition coefficient (Wildman–Crippen LogP) is 3.87. The molecule has 0 spiro atoms. The van der Waals surface area contributed by atoms with Crippen LogP contribution in [0.1, 0.15) is 48.4 Å². The van der Waals surface area contributed by atoms with Gasteiger partial charge in [-0.1, -0.05) is 19.3 Å². The highest BCUT2D eigenvalue weighted by Gasteiger charge is 2.18. The minimum Gasteiger partial charge on any atom is -0.348 e. The molecule has 1 saturated carbocycles. The topological polar surface area (TPSA) is 66.9 Å². The first kappa shape index (κ1) is 17.3. The molecule has 7 heteroatoms. The molecular weight excluding hydrogens is 326 g/mol. The first-order valence-corrected chi connectivity index (χ1v) is 8.40. The van der Waals surface area contributed by atoms with Crippen molar-refractivity contribution in [2.24, 2.45) is 0 Å². The maximum Gasteiger partial charge on any atom is 0.270 e. The fourth-order valence-corrected chi connectivity index (χ4v) is 2.98. The van der Waals surface area contributed by atoms with Crippen molar-refractivity contribution in [2.45, 2.75) is 45.1 Å². The molecule has 1 aromatic heterocycles. The van der Waals surface area contributed by atoms with E-state index >= 15 is 0 Å². The van der Waals surface area contributed by atoms with Crippen LogP contribution in [0.4, 0.5) is 20.3 Å². The molecule has 132 valence electrons. The number of aromatic nitrogens is 2. The van der Waals surface area contributed by atoms with E-state index in [4.69, 9.17) is 0 Å². The molecule has 2 aromatic rings. The van der Waals surface area contributed by atoms with Crippen LogP contribution < -0.4 is 10.6 Å². The molecule has 0 saturated heterocycles. The number of hydrogen-bond acceptors (Lipinski definition) is 4. The van der Waals surface area contributed by atoms with Gasteiger partial charge in [-0.25, -0.2) is 18.7 Å². The van der Waals surface area contributed by atoms with E-state index in [9.17, 15) is 13.6 Å². The second kappa shape index (κ2) is 7.55. The molecule has 1 aliphatic carbocycles. The van der Waals surface area contributed by atoms with Crippen LogP contribution in [-0.4, -0.2) is 21.9 Å². The van der Waals surface area contributed by atoms with Gasteiger partial charge in [0.2, 0.25) is 0 Å². The number of benzene rings is 1. The van der Waals surface area contributed by atoms with Crippen LogP contribution >= 0.6 is 0 Å². The number of halogens is 2. The van der Waals surface area contributed by atoms with E-state index in [2.05, 4.69) is 20.6 Å². The fraction of sp³-hybridized carbons (Fsp3) is 0.389. The molecule has 1 aliphatic rings. The van der Waals surface area contributed by atoms with Crippen molar-refractivity contribution in [1.29, 1.82) is 0 Å². The summed E-state index contributed by atoms with van der Waals surface area (Å²) < 4.78 is 26.3. The summed E-state index contributed by atoms with van der Waals surface area (Å²) in [5.74, 6) is -1.34. The van der Waals surface area contributed by atoms with Crippen molar-refractivity contribution < 1.29 is 13.6 Å². The molecule has 0 bridgehead atoms. The second-order valence-electron chi connectivity index (χ2n) is 6.25. The number of anilines is 2. The van der Waals surface area contributed by atoms with Gasteiger partial charge in [-0.3, -0.25) is 4.79 Å². The van der Waals surface area contributed by atoms with Gasteiger partial charge in [0, 0.05) is 23.9 Å². The highest BCUT2D eigenvalue weighted by atomic mass is 19.2. The third kappa shape index (κ3) is 4.49. The minimum atomic E-state index is -0.953. The lowest BCUT2D eigenvalue weighted by atomic mass is 9.95. The van der Waals surface area contributed by atoms with E-state index in [1.54, 1.807) is 6.92 Å². The summed E-state index contributed by atoms with van der Waals surface area (Å²) in [5, 5.41) is 5.88. The largest absolute Gasteiger partial charge is 0.348 e. The maximum atomic E-state index is 13.3. The molecule has 1 heterocycles. The first-order chi connectivity index (χ1) is 12.0. The van der Waals surface area contributed by atoms with E-state index in [-0.39, 0.29) is 17.6 Å². The number of amides is 1. The molecule has 0 radical (unpaired) electrons. The molecule has 25 heavy (non-hydrogen) atoms. The average molecular weight is 346 g/mol. The van der Waals surface area contributed by atoms with Gasteiger partial charge in [0.15, 0.2) is 11.6 Å². The van der Waals surface area contributed by atoms with Crippen molar-refractivity contribution in [1.82, 2.24) is 15.3 Å². The average Bonchev–Trinajstić information content (AvgIpc) is 2.58. The van der Waals surface area contributed by atoms with Crippen LogP contribution in [0.5, 0.6) is 0 Å². The lowest BCUT2D eigenvalue weighted by Crippen LogP contribution is -2.36. The van der Waals surface area contributed by atoms with E-state index < -0.39 is 11.6 Å². The lowest BCUT2D eigenvalue weighted by Gasteiger charge is -2.22. The van der Waals surface area contributed by atoms with Gasteiger partial charge in [-0.2, -0.15) is 0 Å². The van der Waals surface area contributed by atoms with Gasteiger partial charge in [-0.05, 0) is 31.9 Å². The molecule has 2 N–H and O–H groups in total. The molecule has 3 rings (SSSR count). The quantitative estimate of drug-likeness (QED) is 0.882. The normalized spacial score (nSPS) is 15.0. The van der Waals surface area contributed by atoms with Gasteiger partial charge >= 0.3 is 0 Å². The van der Waals surface area contributed by atoms with Crippen LogP contribution in [0.25, 0.3) is 0 Å². The Morgan fingerprint density at radius 1 is 1.08 bits per heavy atom. The minimum absolute atomic E-state index is 0.180. The number of nitrogens with zero attached hydrogens (tertiary/aromatic N) is 2. The zero-order chi connectivity index (χ0) is 17.8. The van der Waals surface area contributed by atoms with Gasteiger partial charge in [0.1, 0.15) is 17.3 Å². The first-order valence-electron chi connectivity index (χ1n) is 8.40. The van der Waals surface area contributed by atoms with Gasteiger partial charge in [0.25, 0.3) is 5.91 Å². The van der Waals surface area contributed by atoms with Crippen molar-refractivity contribution in [3.05, 3.63) is 47.4 Å². The summed E-state index contributed by atoms with van der Waals surface area (Å²) in [6.45, 7) is 1.67. The Morgan fingerprint density at radius 3 is 2.56 bits per heavy atom. The van der Waals surface area contributed by atoms with Crippen molar-refractivity contribution in [3.63, 3.8) is 0 Å². The molecular formula is C18H20F2N4O. The zero-order valence-electron chi connectivity index (χ0n) is 14.0. The molecule has 1 fully saturated rings. The lowest BCUT2D eigenvalue weighted by molar-refractivity contribution is 0.0922. The predicted molar refractivity (Wildman–Crippen MR) is 90.7 cm³/mol. The Labute approximate surface area is 144 Å². The highest BCUT2D eigenvalue weighted by molar-refractivity contribution is 5.93. The van der Waals surface area contributed by atoms with E-state index in [0.717, 1.165) is 37.8 Å². The van der Waals surface area contributed by atoms with Crippen molar-refractivity contribution >= 4 is 17.4 Å². The third-order valence-electron chi connectivity index (χ3n) is 4.20. The van der Waals surface area contributed by atoms with Crippen molar-refractivity contribution in [2.75, 3.05) is 5.32 Å². The molecule has 0 aliphatic heterocycles. The standard InChI is InChI=1S/C18H20F2N4O/c1-11-21-16(18(25)24-12-5-3-2-4-6-12)10-17(22-11)23-13-7-8-14(19)15(20)9-13/h7-10,12H,2-6H2,1H3,(H,24,25)(H,21,22,23). The Morgan fingerprint density at radius 2 is 1.84 bits per heavy atom. The molecule has 1 amide bonds. The van der Waals surface area contributed by atoms with Crippen LogP contribution in [0.3, 0.4) is 0 Å². The van der Waals surface area contributed by atoms with Gasteiger partial charge in [-0.15, -0.1) is 0 Å². The summed E-state index contributed by atoms with van der Waals surface area (Å²) in [7, 11) is 0. The molecule has 0 atom stereocenters. The van der Waals surface area contributed by atoms with Gasteiger partial charge in [0.05, 0.1) is 0 Å². The second-order valence-corrected chi connectivity index (χ2v) is 6.25. The summed E-state index contributed by atoms with van der Waals surface area (Å²) in [6.07, 6.45) is 5.42. The van der Waals surface area contributed by atoms with Crippen LogP contribution in [-0.2, 0) is 0 Å².